The maximum atomic E-state index is 12.3. The van der Waals surface area contributed by atoms with Crippen LogP contribution in [0.3, 0.4) is 0 Å². The predicted molar refractivity (Wildman–Crippen MR) is 116 cm³/mol. The number of methoxy groups -OCH3 is 1. The summed E-state index contributed by atoms with van der Waals surface area (Å²) in [6.45, 7) is 2.07. The molecule has 1 N–H and O–H groups in total. The molecule has 0 radical (unpaired) electrons. The van der Waals surface area contributed by atoms with E-state index in [9.17, 15) is 4.79 Å². The molecule has 4 nitrogen and oxygen atoms in total. The fraction of sp³-hybridized carbons (Fsp3) is 0.160. The van der Waals surface area contributed by atoms with Crippen LogP contribution in [-0.4, -0.2) is 25.7 Å². The monoisotopic (exact) mass is 385 g/mol. The third-order valence-corrected chi connectivity index (χ3v) is 4.28. The lowest BCUT2D eigenvalue weighted by Crippen LogP contribution is -2.30. The van der Waals surface area contributed by atoms with Crippen LogP contribution in [0.2, 0.25) is 0 Å². The summed E-state index contributed by atoms with van der Waals surface area (Å²) in [5.74, 6) is 6.40. The summed E-state index contributed by atoms with van der Waals surface area (Å²) >= 11 is 0. The number of rotatable bonds is 6. The number of carbonyl (C=O) groups is 1. The number of ether oxygens (including phenoxy) is 2. The van der Waals surface area contributed by atoms with Gasteiger partial charge in [0.05, 0.1) is 13.7 Å². The van der Waals surface area contributed by atoms with Crippen LogP contribution in [0, 0.1) is 11.8 Å². The van der Waals surface area contributed by atoms with E-state index in [1.807, 2.05) is 66.7 Å². The zero-order chi connectivity index (χ0) is 20.5. The van der Waals surface area contributed by atoms with Crippen molar-refractivity contribution in [1.82, 2.24) is 0 Å². The summed E-state index contributed by atoms with van der Waals surface area (Å²) in [6, 6.07) is 24.6. The number of hydrogen-bond donors (Lipinski definition) is 1. The van der Waals surface area contributed by atoms with Gasteiger partial charge in [0, 0.05) is 11.3 Å². The van der Waals surface area contributed by atoms with E-state index in [-0.39, 0.29) is 0 Å². The first-order valence-electron chi connectivity index (χ1n) is 9.44. The van der Waals surface area contributed by atoms with Gasteiger partial charge in [-0.3, -0.25) is 0 Å². The first-order valence-corrected chi connectivity index (χ1v) is 9.44. The van der Waals surface area contributed by atoms with Crippen LogP contribution in [0.25, 0.3) is 11.1 Å². The predicted octanol–water partition coefficient (Wildman–Crippen LogP) is 4.76. The minimum atomic E-state index is -0.767. The third-order valence-electron chi connectivity index (χ3n) is 4.28. The standard InChI is InChI=1S/C25H23NO3/c1-3-29-25(27)24(26-22-14-16-23(28-2)17-15-22)18-11-19-9-12-21(13-10-19)20-7-5-4-6-8-20/h4-10,12-17,24,26H,3H2,1-2H3. The second kappa shape index (κ2) is 10.0. The van der Waals surface area contributed by atoms with E-state index in [1.165, 1.54) is 0 Å². The lowest BCUT2D eigenvalue weighted by molar-refractivity contribution is -0.142. The fourth-order valence-corrected chi connectivity index (χ4v) is 2.77. The lowest BCUT2D eigenvalue weighted by atomic mass is 10.0. The van der Waals surface area contributed by atoms with Gasteiger partial charge in [0.15, 0.2) is 6.04 Å². The highest BCUT2D eigenvalue weighted by Crippen LogP contribution is 2.19. The topological polar surface area (TPSA) is 47.6 Å². The van der Waals surface area contributed by atoms with E-state index in [1.54, 1.807) is 14.0 Å². The molecular formula is C25H23NO3. The molecule has 0 aliphatic heterocycles. The van der Waals surface area contributed by atoms with Crippen molar-refractivity contribution in [3.63, 3.8) is 0 Å². The number of hydrogen-bond acceptors (Lipinski definition) is 4. The number of carbonyl (C=O) groups excluding carboxylic acids is 1. The molecule has 0 amide bonds. The van der Waals surface area contributed by atoms with Gasteiger partial charge in [0.25, 0.3) is 0 Å². The SMILES string of the molecule is CCOC(=O)C(C#Cc1ccc(-c2ccccc2)cc1)Nc1ccc(OC)cc1. The molecule has 3 aromatic rings. The molecule has 0 heterocycles. The van der Waals surface area contributed by atoms with Gasteiger partial charge in [-0.1, -0.05) is 54.3 Å². The minimum absolute atomic E-state index is 0.299. The van der Waals surface area contributed by atoms with E-state index in [0.29, 0.717) is 6.61 Å². The molecule has 0 saturated carbocycles. The zero-order valence-corrected chi connectivity index (χ0v) is 16.5. The molecule has 0 aliphatic carbocycles. The third kappa shape index (κ3) is 5.63. The highest BCUT2D eigenvalue weighted by molar-refractivity contribution is 5.83. The molecule has 3 aromatic carbocycles. The number of nitrogens with one attached hydrogen (secondary N) is 1. The van der Waals surface area contributed by atoms with Crippen LogP contribution in [0.15, 0.2) is 78.9 Å². The average molecular weight is 385 g/mol. The van der Waals surface area contributed by atoms with Gasteiger partial charge in [-0.2, -0.15) is 0 Å². The molecule has 0 spiro atoms. The van der Waals surface area contributed by atoms with Crippen LogP contribution >= 0.6 is 0 Å². The summed E-state index contributed by atoms with van der Waals surface area (Å²) in [4.78, 5) is 12.3. The molecule has 0 aromatic heterocycles. The molecule has 3 rings (SSSR count). The summed E-state index contributed by atoms with van der Waals surface area (Å²) < 4.78 is 10.3. The van der Waals surface area contributed by atoms with Gasteiger partial charge in [-0.25, -0.2) is 4.79 Å². The molecule has 0 fully saturated rings. The van der Waals surface area contributed by atoms with Gasteiger partial charge in [0.2, 0.25) is 0 Å². The second-order valence-electron chi connectivity index (χ2n) is 6.27. The molecule has 4 heteroatoms. The Kier molecular flexibility index (Phi) is 6.91. The Hall–Kier alpha value is -3.71. The van der Waals surface area contributed by atoms with Crippen molar-refractivity contribution in [2.24, 2.45) is 0 Å². The van der Waals surface area contributed by atoms with Crippen LogP contribution in [0.4, 0.5) is 5.69 Å². The Balaban J connectivity index is 1.77. The Morgan fingerprint density at radius 3 is 2.21 bits per heavy atom. The van der Waals surface area contributed by atoms with E-state index in [4.69, 9.17) is 9.47 Å². The number of esters is 1. The van der Waals surface area contributed by atoms with Crippen molar-refractivity contribution in [2.45, 2.75) is 13.0 Å². The Labute approximate surface area is 171 Å². The van der Waals surface area contributed by atoms with Gasteiger partial charge in [-0.15, -0.1) is 0 Å². The van der Waals surface area contributed by atoms with E-state index in [0.717, 1.165) is 28.1 Å². The highest BCUT2D eigenvalue weighted by Gasteiger charge is 2.17. The van der Waals surface area contributed by atoms with Gasteiger partial charge >= 0.3 is 5.97 Å². The van der Waals surface area contributed by atoms with Gasteiger partial charge in [0.1, 0.15) is 5.75 Å². The quantitative estimate of drug-likeness (QED) is 0.491. The Bertz CT molecular complexity index is 984. The fourth-order valence-electron chi connectivity index (χ4n) is 2.77. The maximum Gasteiger partial charge on any atom is 0.341 e. The zero-order valence-electron chi connectivity index (χ0n) is 16.5. The molecular weight excluding hydrogens is 362 g/mol. The maximum absolute atomic E-state index is 12.3. The van der Waals surface area contributed by atoms with Gasteiger partial charge < -0.3 is 14.8 Å². The normalized spacial score (nSPS) is 11.0. The highest BCUT2D eigenvalue weighted by atomic mass is 16.5. The van der Waals surface area contributed by atoms with Gasteiger partial charge in [-0.05, 0) is 54.4 Å². The summed E-state index contributed by atoms with van der Waals surface area (Å²) in [6.07, 6.45) is 0. The van der Waals surface area contributed by atoms with Crippen LogP contribution in [0.5, 0.6) is 5.75 Å². The molecule has 0 bridgehead atoms. The van der Waals surface area contributed by atoms with Crippen molar-refractivity contribution in [3.8, 4) is 28.7 Å². The van der Waals surface area contributed by atoms with E-state index >= 15 is 0 Å². The number of benzene rings is 3. The lowest BCUT2D eigenvalue weighted by Gasteiger charge is -2.13. The summed E-state index contributed by atoms with van der Waals surface area (Å²) in [5, 5.41) is 3.12. The molecule has 0 aliphatic rings. The Morgan fingerprint density at radius 1 is 0.931 bits per heavy atom. The van der Waals surface area contributed by atoms with E-state index < -0.39 is 12.0 Å². The first kappa shape index (κ1) is 20.0. The minimum Gasteiger partial charge on any atom is -0.497 e. The van der Waals surface area contributed by atoms with Crippen LogP contribution in [-0.2, 0) is 9.53 Å². The largest absolute Gasteiger partial charge is 0.497 e. The molecule has 146 valence electrons. The van der Waals surface area contributed by atoms with Crippen molar-refractivity contribution in [3.05, 3.63) is 84.4 Å². The average Bonchev–Trinajstić information content (AvgIpc) is 2.78. The van der Waals surface area contributed by atoms with E-state index in [2.05, 4.69) is 29.3 Å². The summed E-state index contributed by atoms with van der Waals surface area (Å²) in [5.41, 5.74) is 3.86. The molecule has 1 atom stereocenters. The van der Waals surface area contributed by atoms with Crippen molar-refractivity contribution < 1.29 is 14.3 Å². The summed E-state index contributed by atoms with van der Waals surface area (Å²) in [7, 11) is 1.61. The van der Waals surface area contributed by atoms with Crippen molar-refractivity contribution in [1.29, 1.82) is 0 Å². The first-order chi connectivity index (χ1) is 14.2. The van der Waals surface area contributed by atoms with Crippen molar-refractivity contribution in [2.75, 3.05) is 19.0 Å². The van der Waals surface area contributed by atoms with Crippen LogP contribution < -0.4 is 10.1 Å². The molecule has 29 heavy (non-hydrogen) atoms. The Morgan fingerprint density at radius 2 is 1.59 bits per heavy atom. The van der Waals surface area contributed by atoms with Crippen molar-refractivity contribution >= 4 is 11.7 Å². The van der Waals surface area contributed by atoms with Crippen LogP contribution in [0.1, 0.15) is 12.5 Å². The second-order valence-corrected chi connectivity index (χ2v) is 6.27. The number of anilines is 1. The molecule has 1 unspecified atom stereocenters. The smallest absolute Gasteiger partial charge is 0.341 e. The molecule has 0 saturated heterocycles.